The van der Waals surface area contributed by atoms with E-state index < -0.39 is 11.5 Å². The predicted octanol–water partition coefficient (Wildman–Crippen LogP) is 0.653. The second kappa shape index (κ2) is 6.47. The smallest absolute Gasteiger partial charge is 0.227 e. The molecule has 19 heavy (non-hydrogen) atoms. The van der Waals surface area contributed by atoms with E-state index >= 15 is 0 Å². The van der Waals surface area contributed by atoms with Gasteiger partial charge in [-0.25, -0.2) is 0 Å². The Hall–Kier alpha value is -0.950. The fourth-order valence-electron chi connectivity index (χ4n) is 2.25. The van der Waals surface area contributed by atoms with Crippen LogP contribution in [0.5, 0.6) is 0 Å². The first-order chi connectivity index (χ1) is 9.18. The highest BCUT2D eigenvalue weighted by Crippen LogP contribution is 2.29. The summed E-state index contributed by atoms with van der Waals surface area (Å²) in [4.78, 5) is 12.3. The number of aliphatic hydroxyl groups is 1. The number of nitrogens with two attached hydrogens (primary N) is 1. The predicted molar refractivity (Wildman–Crippen MR) is 73.8 cm³/mol. The minimum atomic E-state index is -0.662. The highest BCUT2D eigenvalue weighted by Gasteiger charge is 2.38. The van der Waals surface area contributed by atoms with E-state index in [1.165, 1.54) is 11.3 Å². The molecule has 0 saturated carbocycles. The molecular formula is C13H20N2O3S. The molecule has 106 valence electrons. The molecule has 1 unspecified atom stereocenters. The van der Waals surface area contributed by atoms with E-state index in [0.717, 1.165) is 5.56 Å². The van der Waals surface area contributed by atoms with E-state index in [4.69, 9.17) is 10.5 Å². The van der Waals surface area contributed by atoms with Crippen LogP contribution in [0.3, 0.4) is 0 Å². The third kappa shape index (κ3) is 3.33. The Morgan fingerprint density at radius 2 is 2.32 bits per heavy atom. The van der Waals surface area contributed by atoms with Gasteiger partial charge in [-0.15, -0.1) is 0 Å². The van der Waals surface area contributed by atoms with Crippen LogP contribution < -0.4 is 11.1 Å². The van der Waals surface area contributed by atoms with Gasteiger partial charge in [0.25, 0.3) is 0 Å². The van der Waals surface area contributed by atoms with Gasteiger partial charge in [-0.2, -0.15) is 11.3 Å². The molecule has 1 aromatic rings. The molecule has 0 spiro atoms. The second-order valence-corrected chi connectivity index (χ2v) is 5.66. The van der Waals surface area contributed by atoms with Crippen molar-refractivity contribution in [2.75, 3.05) is 26.3 Å². The van der Waals surface area contributed by atoms with Gasteiger partial charge in [-0.3, -0.25) is 4.79 Å². The Morgan fingerprint density at radius 3 is 2.89 bits per heavy atom. The van der Waals surface area contributed by atoms with Crippen molar-refractivity contribution in [1.29, 1.82) is 0 Å². The molecule has 0 aromatic carbocycles. The van der Waals surface area contributed by atoms with Crippen LogP contribution in [0.25, 0.3) is 0 Å². The first-order valence-corrected chi connectivity index (χ1v) is 7.38. The largest absolute Gasteiger partial charge is 0.387 e. The van der Waals surface area contributed by atoms with Gasteiger partial charge in [-0.05, 0) is 35.2 Å². The fourth-order valence-corrected chi connectivity index (χ4v) is 2.95. The summed E-state index contributed by atoms with van der Waals surface area (Å²) in [6.07, 6.45) is 0.623. The van der Waals surface area contributed by atoms with E-state index in [2.05, 4.69) is 5.32 Å². The van der Waals surface area contributed by atoms with Crippen LogP contribution in [0, 0.1) is 5.41 Å². The number of ether oxygens (including phenoxy) is 1. The summed E-state index contributed by atoms with van der Waals surface area (Å²) in [6.45, 7) is 1.67. The molecule has 4 N–H and O–H groups in total. The van der Waals surface area contributed by atoms with Crippen LogP contribution >= 0.6 is 11.3 Å². The zero-order chi connectivity index (χ0) is 13.7. The lowest BCUT2D eigenvalue weighted by atomic mass is 9.79. The number of carbonyl (C=O) groups excluding carboxylic acids is 1. The van der Waals surface area contributed by atoms with Gasteiger partial charge >= 0.3 is 0 Å². The number of hydrogen-bond acceptors (Lipinski definition) is 5. The summed E-state index contributed by atoms with van der Waals surface area (Å²) in [6, 6.07) is 1.86. The van der Waals surface area contributed by atoms with Crippen molar-refractivity contribution in [3.63, 3.8) is 0 Å². The molecule has 1 aliphatic heterocycles. The number of thiophene rings is 1. The normalized spacial score (nSPS) is 19.9. The second-order valence-electron chi connectivity index (χ2n) is 4.88. The van der Waals surface area contributed by atoms with Crippen molar-refractivity contribution in [1.82, 2.24) is 5.32 Å². The van der Waals surface area contributed by atoms with E-state index in [9.17, 15) is 9.90 Å². The van der Waals surface area contributed by atoms with Gasteiger partial charge in [0.2, 0.25) is 5.91 Å². The molecule has 0 bridgehead atoms. The van der Waals surface area contributed by atoms with Crippen LogP contribution in [0.15, 0.2) is 16.8 Å². The number of nitrogens with one attached hydrogen (secondary N) is 1. The summed E-state index contributed by atoms with van der Waals surface area (Å²) in [7, 11) is 0. The number of aliphatic hydroxyl groups excluding tert-OH is 1. The maximum Gasteiger partial charge on any atom is 0.227 e. The lowest BCUT2D eigenvalue weighted by Crippen LogP contribution is -2.49. The fraction of sp³-hybridized carbons (Fsp3) is 0.615. The Morgan fingerprint density at radius 1 is 1.58 bits per heavy atom. The van der Waals surface area contributed by atoms with Crippen molar-refractivity contribution in [2.24, 2.45) is 11.1 Å². The monoisotopic (exact) mass is 284 g/mol. The van der Waals surface area contributed by atoms with Crippen molar-refractivity contribution in [3.8, 4) is 0 Å². The number of hydrogen-bond donors (Lipinski definition) is 3. The van der Waals surface area contributed by atoms with Crippen LogP contribution in [-0.2, 0) is 9.53 Å². The Bertz CT molecular complexity index is 402. The molecule has 6 heteroatoms. The number of rotatable bonds is 5. The van der Waals surface area contributed by atoms with Gasteiger partial charge in [0.15, 0.2) is 0 Å². The standard InChI is InChI=1S/C13H20N2O3S/c14-9-13(2-4-18-5-3-13)12(17)15-7-11(16)10-1-6-19-8-10/h1,6,8,11,16H,2-5,7,9,14H2,(H,15,17). The first kappa shape index (κ1) is 14.5. The summed E-state index contributed by atoms with van der Waals surface area (Å²) in [5, 5.41) is 16.5. The van der Waals surface area contributed by atoms with Gasteiger partial charge < -0.3 is 20.9 Å². The topological polar surface area (TPSA) is 84.6 Å². The third-order valence-electron chi connectivity index (χ3n) is 3.71. The summed E-state index contributed by atoms with van der Waals surface area (Å²) in [5.74, 6) is -0.0763. The van der Waals surface area contributed by atoms with Crippen LogP contribution in [-0.4, -0.2) is 37.3 Å². The molecule has 1 amide bonds. The maximum atomic E-state index is 12.3. The van der Waals surface area contributed by atoms with Crippen LogP contribution in [0.2, 0.25) is 0 Å². The third-order valence-corrected chi connectivity index (χ3v) is 4.41. The van der Waals surface area contributed by atoms with Crippen molar-refractivity contribution < 1.29 is 14.6 Å². The van der Waals surface area contributed by atoms with Crippen molar-refractivity contribution in [2.45, 2.75) is 18.9 Å². The molecule has 5 nitrogen and oxygen atoms in total. The molecule has 1 aromatic heterocycles. The average molecular weight is 284 g/mol. The highest BCUT2D eigenvalue weighted by atomic mass is 32.1. The van der Waals surface area contributed by atoms with E-state index in [-0.39, 0.29) is 12.5 Å². The van der Waals surface area contributed by atoms with Crippen molar-refractivity contribution >= 4 is 17.2 Å². The Kier molecular flexibility index (Phi) is 4.93. The van der Waals surface area contributed by atoms with E-state index in [0.29, 0.717) is 32.6 Å². The van der Waals surface area contributed by atoms with Crippen LogP contribution in [0.1, 0.15) is 24.5 Å². The molecule has 1 aliphatic rings. The zero-order valence-corrected chi connectivity index (χ0v) is 11.6. The molecule has 0 radical (unpaired) electrons. The zero-order valence-electron chi connectivity index (χ0n) is 10.8. The molecule has 1 saturated heterocycles. The van der Waals surface area contributed by atoms with Gasteiger partial charge in [-0.1, -0.05) is 0 Å². The number of amides is 1. The SMILES string of the molecule is NCC1(C(=O)NCC(O)c2ccsc2)CCOCC1. The van der Waals surface area contributed by atoms with Crippen molar-refractivity contribution in [3.05, 3.63) is 22.4 Å². The molecule has 0 aliphatic carbocycles. The summed E-state index contributed by atoms with van der Waals surface area (Å²) in [5.41, 5.74) is 6.06. The Balaban J connectivity index is 1.89. The first-order valence-electron chi connectivity index (χ1n) is 6.44. The summed E-state index contributed by atoms with van der Waals surface area (Å²) >= 11 is 1.52. The maximum absolute atomic E-state index is 12.3. The van der Waals surface area contributed by atoms with E-state index in [1.54, 1.807) is 0 Å². The quantitative estimate of drug-likeness (QED) is 0.741. The van der Waals surface area contributed by atoms with Gasteiger partial charge in [0.05, 0.1) is 11.5 Å². The van der Waals surface area contributed by atoms with E-state index in [1.807, 2.05) is 16.8 Å². The number of carbonyl (C=O) groups is 1. The summed E-state index contributed by atoms with van der Waals surface area (Å²) < 4.78 is 5.28. The van der Waals surface area contributed by atoms with Gasteiger partial charge in [0.1, 0.15) is 0 Å². The molecule has 1 atom stereocenters. The lowest BCUT2D eigenvalue weighted by Gasteiger charge is -2.34. The highest BCUT2D eigenvalue weighted by molar-refractivity contribution is 7.07. The minimum Gasteiger partial charge on any atom is -0.387 e. The van der Waals surface area contributed by atoms with Crippen LogP contribution in [0.4, 0.5) is 0 Å². The Labute approximate surface area is 116 Å². The molecular weight excluding hydrogens is 264 g/mol. The molecule has 2 rings (SSSR count). The average Bonchev–Trinajstić information content (AvgIpc) is 2.99. The minimum absolute atomic E-state index is 0.0763. The molecule has 1 fully saturated rings. The lowest BCUT2D eigenvalue weighted by molar-refractivity contribution is -0.136. The molecule has 2 heterocycles. The van der Waals surface area contributed by atoms with Gasteiger partial charge in [0, 0.05) is 26.3 Å².